The Bertz CT molecular complexity index is 529. The van der Waals surface area contributed by atoms with Crippen molar-refractivity contribution in [3.63, 3.8) is 0 Å². The van der Waals surface area contributed by atoms with Gasteiger partial charge in [-0.3, -0.25) is 4.90 Å². The first-order chi connectivity index (χ1) is 10.3. The Hall–Kier alpha value is -1.07. The fraction of sp³-hybridized carbons (Fsp3) is 0.647. The molecule has 2 fully saturated rings. The summed E-state index contributed by atoms with van der Waals surface area (Å²) in [7, 11) is 2.09. The molecule has 1 aromatic rings. The first-order valence-corrected chi connectivity index (χ1v) is 7.96. The first kappa shape index (κ1) is 15.8. The summed E-state index contributed by atoms with van der Waals surface area (Å²) in [5, 5.41) is 3.62. The van der Waals surface area contributed by atoms with Crippen molar-refractivity contribution in [2.24, 2.45) is 0 Å². The highest BCUT2D eigenvalue weighted by atomic mass is 19.4. The van der Waals surface area contributed by atoms with Crippen molar-refractivity contribution in [2.75, 3.05) is 7.05 Å². The van der Waals surface area contributed by atoms with E-state index in [4.69, 9.17) is 0 Å². The van der Waals surface area contributed by atoms with Gasteiger partial charge in [0.15, 0.2) is 0 Å². The summed E-state index contributed by atoms with van der Waals surface area (Å²) in [6.45, 7) is 2.48. The van der Waals surface area contributed by atoms with Crippen LogP contribution < -0.4 is 5.32 Å². The summed E-state index contributed by atoms with van der Waals surface area (Å²) < 4.78 is 38.2. The number of alkyl halides is 3. The van der Waals surface area contributed by atoms with Crippen LogP contribution in [0, 0.1) is 6.92 Å². The molecular formula is C17H23F3N2. The Morgan fingerprint density at radius 3 is 2.36 bits per heavy atom. The van der Waals surface area contributed by atoms with Crippen LogP contribution in [-0.2, 0) is 12.7 Å². The molecule has 0 radical (unpaired) electrons. The molecule has 2 saturated heterocycles. The number of rotatable bonds is 3. The Kier molecular flexibility index (Phi) is 4.21. The van der Waals surface area contributed by atoms with Crippen LogP contribution in [0.1, 0.15) is 42.4 Å². The molecular weight excluding hydrogens is 289 g/mol. The predicted molar refractivity (Wildman–Crippen MR) is 80.6 cm³/mol. The highest BCUT2D eigenvalue weighted by Gasteiger charge is 2.35. The molecule has 2 aliphatic rings. The number of halogens is 3. The first-order valence-electron chi connectivity index (χ1n) is 7.96. The van der Waals surface area contributed by atoms with Crippen LogP contribution >= 0.6 is 0 Å². The molecule has 5 heteroatoms. The summed E-state index contributed by atoms with van der Waals surface area (Å²) in [5.74, 6) is 0. The van der Waals surface area contributed by atoms with Crippen LogP contribution in [0.25, 0.3) is 0 Å². The molecule has 2 nitrogen and oxygen atoms in total. The van der Waals surface area contributed by atoms with Crippen molar-refractivity contribution in [2.45, 2.75) is 63.5 Å². The standard InChI is InChI=1S/C17H23F3N2/c1-11-7-13(17(18,19)20)4-3-12(11)10-22(2)16-8-14-5-6-15(9-16)21-14/h3-4,7,14-16,21H,5-6,8-10H2,1-2H3. The number of hydrogen-bond acceptors (Lipinski definition) is 2. The summed E-state index contributed by atoms with van der Waals surface area (Å²) in [6.07, 6.45) is 0.547. The molecule has 1 N–H and O–H groups in total. The minimum Gasteiger partial charge on any atom is -0.311 e. The molecule has 2 atom stereocenters. The Morgan fingerprint density at radius 2 is 1.82 bits per heavy atom. The third-order valence-electron chi connectivity index (χ3n) is 5.16. The minimum atomic E-state index is -4.26. The molecule has 0 spiro atoms. The second-order valence-electron chi connectivity index (χ2n) is 6.82. The second kappa shape index (κ2) is 5.85. The third kappa shape index (κ3) is 3.30. The highest BCUT2D eigenvalue weighted by molar-refractivity contribution is 5.32. The van der Waals surface area contributed by atoms with E-state index in [0.29, 0.717) is 24.7 Å². The Morgan fingerprint density at radius 1 is 1.18 bits per heavy atom. The van der Waals surface area contributed by atoms with E-state index in [-0.39, 0.29) is 0 Å². The quantitative estimate of drug-likeness (QED) is 0.915. The lowest BCUT2D eigenvalue weighted by molar-refractivity contribution is -0.137. The number of benzene rings is 1. The lowest BCUT2D eigenvalue weighted by Crippen LogP contribution is -2.46. The van der Waals surface area contributed by atoms with Crippen molar-refractivity contribution in [1.29, 1.82) is 0 Å². The van der Waals surface area contributed by atoms with Gasteiger partial charge in [0.1, 0.15) is 0 Å². The number of aryl methyl sites for hydroxylation is 1. The normalized spacial score (nSPS) is 28.4. The highest BCUT2D eigenvalue weighted by Crippen LogP contribution is 2.32. The maximum atomic E-state index is 12.7. The second-order valence-corrected chi connectivity index (χ2v) is 6.82. The Labute approximate surface area is 129 Å². The minimum absolute atomic E-state index is 0.528. The molecule has 22 heavy (non-hydrogen) atoms. The molecule has 0 aromatic heterocycles. The van der Waals surface area contributed by atoms with Gasteiger partial charge in [-0.25, -0.2) is 0 Å². The average molecular weight is 312 g/mol. The Balaban J connectivity index is 1.67. The molecule has 2 unspecified atom stereocenters. The van der Waals surface area contributed by atoms with Crippen LogP contribution in [0.15, 0.2) is 18.2 Å². The lowest BCUT2D eigenvalue weighted by Gasteiger charge is -2.36. The molecule has 0 amide bonds. The van der Waals surface area contributed by atoms with Gasteiger partial charge in [-0.2, -0.15) is 13.2 Å². The topological polar surface area (TPSA) is 15.3 Å². The van der Waals surface area contributed by atoms with Gasteiger partial charge >= 0.3 is 6.18 Å². The van der Waals surface area contributed by atoms with Crippen molar-refractivity contribution in [3.8, 4) is 0 Å². The molecule has 1 aromatic carbocycles. The van der Waals surface area contributed by atoms with E-state index in [9.17, 15) is 13.2 Å². The number of hydrogen-bond donors (Lipinski definition) is 1. The van der Waals surface area contributed by atoms with Gasteiger partial charge in [-0.15, -0.1) is 0 Å². The van der Waals surface area contributed by atoms with E-state index >= 15 is 0 Å². The van der Waals surface area contributed by atoms with Crippen molar-refractivity contribution in [3.05, 3.63) is 34.9 Å². The maximum Gasteiger partial charge on any atom is 0.416 e. The van der Waals surface area contributed by atoms with E-state index in [1.54, 1.807) is 13.0 Å². The van der Waals surface area contributed by atoms with Gasteiger partial charge in [0.2, 0.25) is 0 Å². The van der Waals surface area contributed by atoms with Gasteiger partial charge in [-0.1, -0.05) is 6.07 Å². The smallest absolute Gasteiger partial charge is 0.311 e. The zero-order valence-electron chi connectivity index (χ0n) is 13.1. The van der Waals surface area contributed by atoms with Gasteiger partial charge in [0, 0.05) is 24.7 Å². The fourth-order valence-corrected chi connectivity index (χ4v) is 3.83. The van der Waals surface area contributed by atoms with Crippen molar-refractivity contribution in [1.82, 2.24) is 10.2 Å². The monoisotopic (exact) mass is 312 g/mol. The van der Waals surface area contributed by atoms with Crippen molar-refractivity contribution < 1.29 is 13.2 Å². The number of nitrogens with zero attached hydrogens (tertiary/aromatic N) is 1. The summed E-state index contributed by atoms with van der Waals surface area (Å²) in [4.78, 5) is 2.31. The molecule has 0 aliphatic carbocycles. The largest absolute Gasteiger partial charge is 0.416 e. The molecule has 0 saturated carbocycles. The van der Waals surface area contributed by atoms with Crippen LogP contribution in [0.2, 0.25) is 0 Å². The molecule has 122 valence electrons. The number of piperidine rings is 1. The summed E-state index contributed by atoms with van der Waals surface area (Å²) >= 11 is 0. The zero-order chi connectivity index (χ0) is 15.9. The molecule has 2 bridgehead atoms. The average Bonchev–Trinajstić information content (AvgIpc) is 2.78. The van der Waals surface area contributed by atoms with Crippen LogP contribution in [0.3, 0.4) is 0 Å². The number of nitrogens with one attached hydrogen (secondary N) is 1. The van der Waals surface area contributed by atoms with E-state index < -0.39 is 11.7 Å². The van der Waals surface area contributed by atoms with Gasteiger partial charge < -0.3 is 5.32 Å². The zero-order valence-corrected chi connectivity index (χ0v) is 13.1. The number of fused-ring (bicyclic) bond motifs is 2. The van der Waals surface area contributed by atoms with E-state index in [1.807, 2.05) is 0 Å². The molecule has 3 rings (SSSR count). The third-order valence-corrected chi connectivity index (χ3v) is 5.16. The summed E-state index contributed by atoms with van der Waals surface area (Å²) in [6, 6.07) is 5.86. The van der Waals surface area contributed by atoms with E-state index in [0.717, 1.165) is 24.0 Å². The SMILES string of the molecule is Cc1cc(C(F)(F)F)ccc1CN(C)C1CC2CCC(C1)N2. The molecule has 2 aliphatic heterocycles. The van der Waals surface area contributed by atoms with Crippen molar-refractivity contribution >= 4 is 0 Å². The van der Waals surface area contributed by atoms with Crippen LogP contribution in [0.4, 0.5) is 13.2 Å². The predicted octanol–water partition coefficient (Wildman–Crippen LogP) is 3.73. The van der Waals surface area contributed by atoms with Gasteiger partial charge in [0.25, 0.3) is 0 Å². The van der Waals surface area contributed by atoms with Gasteiger partial charge in [0.05, 0.1) is 5.56 Å². The van der Waals surface area contributed by atoms with E-state index in [2.05, 4.69) is 17.3 Å². The lowest BCUT2D eigenvalue weighted by atomic mass is 9.97. The van der Waals surface area contributed by atoms with Gasteiger partial charge in [-0.05, 0) is 62.9 Å². The van der Waals surface area contributed by atoms with Crippen LogP contribution in [-0.4, -0.2) is 30.1 Å². The molecule has 2 heterocycles. The van der Waals surface area contributed by atoms with E-state index in [1.165, 1.54) is 25.0 Å². The van der Waals surface area contributed by atoms with Crippen LogP contribution in [0.5, 0.6) is 0 Å². The summed E-state index contributed by atoms with van der Waals surface area (Å²) in [5.41, 5.74) is 1.15. The maximum absolute atomic E-state index is 12.7. The fourth-order valence-electron chi connectivity index (χ4n) is 3.83.